The van der Waals surface area contributed by atoms with Crippen LogP contribution >= 0.6 is 11.8 Å². The molecule has 0 aromatic carbocycles. The van der Waals surface area contributed by atoms with Gasteiger partial charge in [0.2, 0.25) is 0 Å². The SMILES string of the molecule is CC(O)(CSc1nnc2ccccn12)C(=O)O. The van der Waals surface area contributed by atoms with Crippen molar-refractivity contribution in [2.24, 2.45) is 0 Å². The molecule has 2 aromatic heterocycles. The predicted molar refractivity (Wildman–Crippen MR) is 62.0 cm³/mol. The number of aromatic nitrogens is 3. The van der Waals surface area contributed by atoms with Crippen molar-refractivity contribution < 1.29 is 15.0 Å². The molecule has 0 amide bonds. The summed E-state index contributed by atoms with van der Waals surface area (Å²) in [5, 5.41) is 26.8. The first-order valence-electron chi connectivity index (χ1n) is 4.89. The first-order valence-corrected chi connectivity index (χ1v) is 5.87. The van der Waals surface area contributed by atoms with Crippen molar-refractivity contribution in [1.29, 1.82) is 0 Å². The lowest BCUT2D eigenvalue weighted by atomic mass is 10.1. The fourth-order valence-electron chi connectivity index (χ4n) is 1.18. The number of thioether (sulfide) groups is 1. The van der Waals surface area contributed by atoms with Crippen molar-refractivity contribution >= 4 is 23.4 Å². The highest BCUT2D eigenvalue weighted by Gasteiger charge is 2.30. The third-order valence-corrected chi connectivity index (χ3v) is 3.47. The van der Waals surface area contributed by atoms with Crippen molar-refractivity contribution in [3.05, 3.63) is 24.4 Å². The van der Waals surface area contributed by atoms with E-state index in [-0.39, 0.29) is 5.75 Å². The van der Waals surface area contributed by atoms with Crippen LogP contribution in [0.3, 0.4) is 0 Å². The highest BCUT2D eigenvalue weighted by Crippen LogP contribution is 2.21. The summed E-state index contributed by atoms with van der Waals surface area (Å²) in [7, 11) is 0. The molecule has 0 aliphatic carbocycles. The molecule has 2 rings (SSSR count). The normalized spacial score (nSPS) is 14.7. The molecule has 0 aliphatic heterocycles. The van der Waals surface area contributed by atoms with Crippen molar-refractivity contribution in [2.45, 2.75) is 17.7 Å². The van der Waals surface area contributed by atoms with Gasteiger partial charge in [0.25, 0.3) is 0 Å². The van der Waals surface area contributed by atoms with E-state index < -0.39 is 11.6 Å². The average Bonchev–Trinajstić information content (AvgIpc) is 2.69. The monoisotopic (exact) mass is 253 g/mol. The van der Waals surface area contributed by atoms with E-state index in [0.717, 1.165) is 11.8 Å². The maximum atomic E-state index is 10.7. The van der Waals surface area contributed by atoms with E-state index in [2.05, 4.69) is 10.2 Å². The van der Waals surface area contributed by atoms with E-state index in [1.165, 1.54) is 6.92 Å². The van der Waals surface area contributed by atoms with Crippen LogP contribution in [0.15, 0.2) is 29.6 Å². The second-order valence-corrected chi connectivity index (χ2v) is 4.72. The summed E-state index contributed by atoms with van der Waals surface area (Å²) >= 11 is 1.15. The molecule has 1 unspecified atom stereocenters. The molecular weight excluding hydrogens is 242 g/mol. The van der Waals surface area contributed by atoms with Gasteiger partial charge >= 0.3 is 5.97 Å². The quantitative estimate of drug-likeness (QED) is 0.778. The second-order valence-electron chi connectivity index (χ2n) is 3.78. The minimum Gasteiger partial charge on any atom is -0.479 e. The standard InChI is InChI=1S/C10H11N3O3S/c1-10(16,8(14)15)6-17-9-12-11-7-4-2-3-5-13(7)9/h2-5,16H,6H2,1H3,(H,14,15). The summed E-state index contributed by atoms with van der Waals surface area (Å²) in [6, 6.07) is 5.47. The summed E-state index contributed by atoms with van der Waals surface area (Å²) in [5.41, 5.74) is -1.09. The van der Waals surface area contributed by atoms with Gasteiger partial charge in [0.15, 0.2) is 16.4 Å². The van der Waals surface area contributed by atoms with E-state index in [9.17, 15) is 9.90 Å². The number of carbonyl (C=O) groups is 1. The summed E-state index contributed by atoms with van der Waals surface area (Å²) in [6.07, 6.45) is 1.78. The Morgan fingerprint density at radius 1 is 1.53 bits per heavy atom. The second kappa shape index (κ2) is 4.34. The van der Waals surface area contributed by atoms with Gasteiger partial charge in [-0.1, -0.05) is 17.8 Å². The summed E-state index contributed by atoms with van der Waals surface area (Å²) in [5.74, 6) is -1.24. The molecular formula is C10H11N3O3S. The predicted octanol–water partition coefficient (Wildman–Crippen LogP) is 0.657. The van der Waals surface area contributed by atoms with Crippen LogP contribution in [0.25, 0.3) is 5.65 Å². The van der Waals surface area contributed by atoms with E-state index >= 15 is 0 Å². The first kappa shape index (κ1) is 11.9. The number of pyridine rings is 1. The Balaban J connectivity index is 2.17. The molecule has 0 bridgehead atoms. The highest BCUT2D eigenvalue weighted by molar-refractivity contribution is 7.99. The molecule has 0 radical (unpaired) electrons. The molecule has 2 heterocycles. The molecule has 7 heteroatoms. The largest absolute Gasteiger partial charge is 0.479 e. The Labute approximate surface area is 101 Å². The number of rotatable bonds is 4. The van der Waals surface area contributed by atoms with E-state index in [1.54, 1.807) is 16.7 Å². The zero-order valence-electron chi connectivity index (χ0n) is 9.07. The van der Waals surface area contributed by atoms with Crippen LogP contribution in [-0.4, -0.2) is 42.1 Å². The fraction of sp³-hybridized carbons (Fsp3) is 0.300. The number of aliphatic carboxylic acids is 1. The maximum Gasteiger partial charge on any atom is 0.336 e. The maximum absolute atomic E-state index is 10.7. The molecule has 0 saturated heterocycles. The number of hydrogen-bond acceptors (Lipinski definition) is 5. The van der Waals surface area contributed by atoms with E-state index in [1.807, 2.05) is 12.1 Å². The van der Waals surface area contributed by atoms with Crippen molar-refractivity contribution in [3.63, 3.8) is 0 Å². The van der Waals surface area contributed by atoms with Crippen LogP contribution in [0.2, 0.25) is 0 Å². The van der Waals surface area contributed by atoms with Gasteiger partial charge in [-0.25, -0.2) is 4.79 Å². The van der Waals surface area contributed by atoms with Gasteiger partial charge in [-0.05, 0) is 19.1 Å². The number of hydrogen-bond donors (Lipinski definition) is 2. The number of carboxylic acids is 1. The smallest absolute Gasteiger partial charge is 0.336 e. The molecule has 0 aliphatic rings. The highest BCUT2D eigenvalue weighted by atomic mass is 32.2. The number of carboxylic acid groups (broad SMARTS) is 1. The molecule has 17 heavy (non-hydrogen) atoms. The molecule has 0 fully saturated rings. The van der Waals surface area contributed by atoms with Gasteiger partial charge < -0.3 is 10.2 Å². The van der Waals surface area contributed by atoms with Gasteiger partial charge in [-0.2, -0.15) is 0 Å². The number of aliphatic hydroxyl groups is 1. The fourth-order valence-corrected chi connectivity index (χ4v) is 2.11. The van der Waals surface area contributed by atoms with Crippen LogP contribution in [0.1, 0.15) is 6.92 Å². The van der Waals surface area contributed by atoms with Crippen LogP contribution in [0, 0.1) is 0 Å². The topological polar surface area (TPSA) is 87.7 Å². The zero-order valence-corrected chi connectivity index (χ0v) is 9.89. The van der Waals surface area contributed by atoms with Crippen LogP contribution in [0.5, 0.6) is 0 Å². The van der Waals surface area contributed by atoms with Crippen LogP contribution < -0.4 is 0 Å². The van der Waals surface area contributed by atoms with Crippen molar-refractivity contribution in [2.75, 3.05) is 5.75 Å². The van der Waals surface area contributed by atoms with Crippen molar-refractivity contribution in [3.8, 4) is 0 Å². The molecule has 90 valence electrons. The van der Waals surface area contributed by atoms with Crippen LogP contribution in [0.4, 0.5) is 0 Å². The zero-order chi connectivity index (χ0) is 12.5. The minimum absolute atomic E-state index is 0.0119. The molecule has 2 N–H and O–H groups in total. The van der Waals surface area contributed by atoms with Gasteiger partial charge in [-0.15, -0.1) is 10.2 Å². The lowest BCUT2D eigenvalue weighted by Crippen LogP contribution is -2.37. The molecule has 0 spiro atoms. The molecule has 1 atom stereocenters. The Morgan fingerprint density at radius 3 is 3.00 bits per heavy atom. The van der Waals surface area contributed by atoms with Gasteiger partial charge in [0.05, 0.1) is 0 Å². The summed E-state index contributed by atoms with van der Waals surface area (Å²) in [4.78, 5) is 10.7. The molecule has 6 nitrogen and oxygen atoms in total. The van der Waals surface area contributed by atoms with Gasteiger partial charge in [0.1, 0.15) is 0 Å². The third kappa shape index (κ3) is 2.40. The van der Waals surface area contributed by atoms with E-state index in [4.69, 9.17) is 5.11 Å². The lowest BCUT2D eigenvalue weighted by Gasteiger charge is -2.15. The Kier molecular flexibility index (Phi) is 3.03. The molecule has 2 aromatic rings. The Bertz CT molecular complexity index is 552. The Hall–Kier alpha value is -1.60. The first-order chi connectivity index (χ1) is 8.00. The van der Waals surface area contributed by atoms with Gasteiger partial charge in [0, 0.05) is 11.9 Å². The lowest BCUT2D eigenvalue weighted by molar-refractivity contribution is -0.154. The number of nitrogens with zero attached hydrogens (tertiary/aromatic N) is 3. The summed E-state index contributed by atoms with van der Waals surface area (Å²) in [6.45, 7) is 1.26. The number of fused-ring (bicyclic) bond motifs is 1. The average molecular weight is 253 g/mol. The van der Waals surface area contributed by atoms with E-state index in [0.29, 0.717) is 10.8 Å². The van der Waals surface area contributed by atoms with Gasteiger partial charge in [-0.3, -0.25) is 4.40 Å². The van der Waals surface area contributed by atoms with Crippen LogP contribution in [-0.2, 0) is 4.79 Å². The third-order valence-electron chi connectivity index (χ3n) is 2.23. The Morgan fingerprint density at radius 2 is 2.29 bits per heavy atom. The van der Waals surface area contributed by atoms with Crippen molar-refractivity contribution in [1.82, 2.24) is 14.6 Å². The summed E-state index contributed by atoms with van der Waals surface area (Å²) < 4.78 is 1.74. The minimum atomic E-state index is -1.77. The molecule has 0 saturated carbocycles.